The molecule has 3 aromatic rings. The number of anilines is 1. The Morgan fingerprint density at radius 3 is 2.70 bits per heavy atom. The highest BCUT2D eigenvalue weighted by atomic mass is 32.1. The highest BCUT2D eigenvalue weighted by Crippen LogP contribution is 2.34. The Morgan fingerprint density at radius 2 is 1.90 bits per heavy atom. The molecule has 1 heterocycles. The van der Waals surface area contributed by atoms with Crippen molar-refractivity contribution in [2.45, 2.75) is 0 Å². The third-order valence-corrected chi connectivity index (χ3v) is 3.90. The minimum absolute atomic E-state index is 0.460. The lowest BCUT2D eigenvalue weighted by atomic mass is 10.2. The molecule has 0 spiro atoms. The van der Waals surface area contributed by atoms with E-state index in [4.69, 9.17) is 6.42 Å². The van der Waals surface area contributed by atoms with Gasteiger partial charge in [0.15, 0.2) is 0 Å². The van der Waals surface area contributed by atoms with Gasteiger partial charge in [0, 0.05) is 5.56 Å². The van der Waals surface area contributed by atoms with Crippen LogP contribution in [0.1, 0.15) is 0 Å². The topological polar surface area (TPSA) is 42.0 Å². The van der Waals surface area contributed by atoms with Gasteiger partial charge in [-0.15, -0.1) is 17.8 Å². The Balaban J connectivity index is 2.09. The molecule has 0 aliphatic rings. The Bertz CT molecular complexity index is 797. The van der Waals surface area contributed by atoms with Crippen LogP contribution < -0.4 is 5.32 Å². The van der Waals surface area contributed by atoms with E-state index in [9.17, 15) is 4.79 Å². The van der Waals surface area contributed by atoms with Gasteiger partial charge in [0.25, 0.3) is 5.91 Å². The van der Waals surface area contributed by atoms with Gasteiger partial charge in [0.2, 0.25) is 0 Å². The number of aromatic nitrogens is 1. The van der Waals surface area contributed by atoms with E-state index < -0.39 is 5.91 Å². The second-order valence-corrected chi connectivity index (χ2v) is 5.16. The molecule has 0 unspecified atom stereocenters. The van der Waals surface area contributed by atoms with E-state index in [1.54, 1.807) is 11.3 Å². The average Bonchev–Trinajstić information content (AvgIpc) is 2.91. The molecule has 0 bridgehead atoms. The number of nitrogens with zero attached hydrogens (tertiary/aromatic N) is 1. The third-order valence-electron chi connectivity index (χ3n) is 2.83. The molecule has 96 valence electrons. The molecule has 2 aromatic carbocycles. The summed E-state index contributed by atoms with van der Waals surface area (Å²) in [7, 11) is 0. The number of hydrogen-bond donors (Lipinski definition) is 1. The van der Waals surface area contributed by atoms with E-state index in [0.717, 1.165) is 20.8 Å². The summed E-state index contributed by atoms with van der Waals surface area (Å²) in [5.74, 6) is 1.59. The number of rotatable bonds is 2. The smallest absolute Gasteiger partial charge is 0.300 e. The lowest BCUT2D eigenvalue weighted by molar-refractivity contribution is -0.111. The maximum absolute atomic E-state index is 11.4. The number of benzene rings is 2. The number of thiazole rings is 1. The van der Waals surface area contributed by atoms with Crippen LogP contribution in [0.4, 0.5) is 5.69 Å². The van der Waals surface area contributed by atoms with Gasteiger partial charge >= 0.3 is 0 Å². The van der Waals surface area contributed by atoms with Crippen LogP contribution in [0.3, 0.4) is 0 Å². The van der Waals surface area contributed by atoms with E-state index >= 15 is 0 Å². The lowest BCUT2D eigenvalue weighted by Crippen LogP contribution is -2.08. The number of terminal acetylenes is 1. The first-order valence-electron chi connectivity index (χ1n) is 6.00. The first kappa shape index (κ1) is 12.4. The highest BCUT2D eigenvalue weighted by molar-refractivity contribution is 7.21. The molecule has 20 heavy (non-hydrogen) atoms. The van der Waals surface area contributed by atoms with Crippen molar-refractivity contribution in [2.75, 3.05) is 5.32 Å². The van der Waals surface area contributed by atoms with Gasteiger partial charge in [-0.25, -0.2) is 4.98 Å². The van der Waals surface area contributed by atoms with Crippen molar-refractivity contribution in [3.63, 3.8) is 0 Å². The van der Waals surface area contributed by atoms with E-state index in [-0.39, 0.29) is 0 Å². The fourth-order valence-electron chi connectivity index (χ4n) is 1.92. The molecule has 3 rings (SSSR count). The van der Waals surface area contributed by atoms with Crippen molar-refractivity contribution in [1.29, 1.82) is 0 Å². The quantitative estimate of drug-likeness (QED) is 0.729. The SMILES string of the molecule is C#CC(=O)Nc1ccccc1-c1nc2ccccc2s1. The number of carbonyl (C=O) groups is 1. The summed E-state index contributed by atoms with van der Waals surface area (Å²) >= 11 is 1.59. The molecule has 1 N–H and O–H groups in total. The molecule has 0 fully saturated rings. The van der Waals surface area contributed by atoms with Crippen LogP contribution in [-0.2, 0) is 4.79 Å². The zero-order chi connectivity index (χ0) is 13.9. The van der Waals surface area contributed by atoms with E-state index in [1.165, 1.54) is 0 Å². The molecule has 1 aromatic heterocycles. The summed E-state index contributed by atoms with van der Waals surface area (Å²) in [6, 6.07) is 15.4. The molecule has 0 atom stereocenters. The molecule has 0 saturated carbocycles. The Kier molecular flexibility index (Phi) is 3.20. The van der Waals surface area contributed by atoms with Crippen molar-refractivity contribution in [3.05, 3.63) is 48.5 Å². The molecule has 0 aliphatic carbocycles. The van der Waals surface area contributed by atoms with E-state index in [0.29, 0.717) is 5.69 Å². The molecule has 4 heteroatoms. The Morgan fingerprint density at radius 1 is 1.15 bits per heavy atom. The van der Waals surface area contributed by atoms with Crippen LogP contribution >= 0.6 is 11.3 Å². The van der Waals surface area contributed by atoms with Crippen molar-refractivity contribution in [2.24, 2.45) is 0 Å². The fraction of sp³-hybridized carbons (Fsp3) is 0. The molecule has 3 nitrogen and oxygen atoms in total. The average molecular weight is 278 g/mol. The van der Waals surface area contributed by atoms with Gasteiger partial charge in [0.1, 0.15) is 5.01 Å². The standard InChI is InChI=1S/C16H10N2OS/c1-2-15(19)17-12-8-4-3-7-11(12)16-18-13-9-5-6-10-14(13)20-16/h1,3-10H,(H,17,19). The van der Waals surface area contributed by atoms with Gasteiger partial charge in [-0.05, 0) is 30.2 Å². The van der Waals surface area contributed by atoms with Crippen LogP contribution in [-0.4, -0.2) is 10.9 Å². The highest BCUT2D eigenvalue weighted by Gasteiger charge is 2.11. The van der Waals surface area contributed by atoms with Crippen LogP contribution in [0.5, 0.6) is 0 Å². The van der Waals surface area contributed by atoms with Crippen LogP contribution in [0.2, 0.25) is 0 Å². The summed E-state index contributed by atoms with van der Waals surface area (Å²) in [4.78, 5) is 16.0. The predicted molar refractivity (Wildman–Crippen MR) is 82.5 cm³/mol. The van der Waals surface area contributed by atoms with Crippen molar-refractivity contribution < 1.29 is 4.79 Å². The van der Waals surface area contributed by atoms with Crippen molar-refractivity contribution in [3.8, 4) is 22.9 Å². The zero-order valence-electron chi connectivity index (χ0n) is 10.5. The Labute approximate surface area is 120 Å². The summed E-state index contributed by atoms with van der Waals surface area (Å²) in [5.41, 5.74) is 2.50. The maximum atomic E-state index is 11.4. The molecule has 0 radical (unpaired) electrons. The Hall–Kier alpha value is -2.64. The maximum Gasteiger partial charge on any atom is 0.300 e. The largest absolute Gasteiger partial charge is 0.314 e. The summed E-state index contributed by atoms with van der Waals surface area (Å²) in [5, 5.41) is 3.55. The van der Waals surface area contributed by atoms with E-state index in [2.05, 4.69) is 16.2 Å². The monoisotopic (exact) mass is 278 g/mol. The van der Waals surface area contributed by atoms with Crippen LogP contribution in [0.25, 0.3) is 20.8 Å². The summed E-state index contributed by atoms with van der Waals surface area (Å²) < 4.78 is 1.11. The van der Waals surface area contributed by atoms with Gasteiger partial charge in [0.05, 0.1) is 15.9 Å². The third kappa shape index (κ3) is 2.27. The molecule has 1 amide bonds. The number of hydrogen-bond acceptors (Lipinski definition) is 3. The fourth-order valence-corrected chi connectivity index (χ4v) is 2.93. The number of nitrogens with one attached hydrogen (secondary N) is 1. The molecular formula is C16H10N2OS. The van der Waals surface area contributed by atoms with Crippen molar-refractivity contribution >= 4 is 33.1 Å². The van der Waals surface area contributed by atoms with Crippen molar-refractivity contribution in [1.82, 2.24) is 4.98 Å². The van der Waals surface area contributed by atoms with Gasteiger partial charge < -0.3 is 5.32 Å². The second kappa shape index (κ2) is 5.16. The van der Waals surface area contributed by atoms with E-state index in [1.807, 2.05) is 48.5 Å². The normalized spacial score (nSPS) is 10.2. The second-order valence-electron chi connectivity index (χ2n) is 4.13. The molecular weight excluding hydrogens is 268 g/mol. The first-order valence-corrected chi connectivity index (χ1v) is 6.82. The van der Waals surface area contributed by atoms with Crippen LogP contribution in [0, 0.1) is 12.3 Å². The number of carbonyl (C=O) groups excluding carboxylic acids is 1. The van der Waals surface area contributed by atoms with Gasteiger partial charge in [-0.1, -0.05) is 24.3 Å². The van der Waals surface area contributed by atoms with Crippen LogP contribution in [0.15, 0.2) is 48.5 Å². The number of amides is 1. The number of fused-ring (bicyclic) bond motifs is 1. The summed E-state index contributed by atoms with van der Waals surface area (Å²) in [6.45, 7) is 0. The molecule has 0 saturated heterocycles. The lowest BCUT2D eigenvalue weighted by Gasteiger charge is -2.06. The zero-order valence-corrected chi connectivity index (χ0v) is 11.3. The predicted octanol–water partition coefficient (Wildman–Crippen LogP) is 3.54. The van der Waals surface area contributed by atoms with Gasteiger partial charge in [-0.3, -0.25) is 4.79 Å². The first-order chi connectivity index (χ1) is 9.78. The molecule has 0 aliphatic heterocycles. The minimum atomic E-state index is -0.460. The van der Waals surface area contributed by atoms with Gasteiger partial charge in [-0.2, -0.15) is 0 Å². The minimum Gasteiger partial charge on any atom is -0.314 e. The summed E-state index contributed by atoms with van der Waals surface area (Å²) in [6.07, 6.45) is 5.09. The number of para-hydroxylation sites is 2.